The van der Waals surface area contributed by atoms with Gasteiger partial charge in [-0.15, -0.1) is 21.5 Å². The van der Waals surface area contributed by atoms with Crippen molar-refractivity contribution in [2.45, 2.75) is 57.7 Å². The molecule has 7 nitrogen and oxygen atoms in total. The Bertz CT molecular complexity index is 1130. The summed E-state index contributed by atoms with van der Waals surface area (Å²) >= 11 is 3.03. The van der Waals surface area contributed by atoms with Gasteiger partial charge in [0.05, 0.1) is 10.6 Å². The molecule has 2 atom stereocenters. The molecule has 0 aliphatic carbocycles. The van der Waals surface area contributed by atoms with E-state index in [4.69, 9.17) is 0 Å². The van der Waals surface area contributed by atoms with Crippen molar-refractivity contribution in [3.8, 4) is 16.4 Å². The summed E-state index contributed by atoms with van der Waals surface area (Å²) in [6, 6.07) is 14.0. The number of thioether (sulfide) groups is 1. The van der Waals surface area contributed by atoms with Gasteiger partial charge in [-0.25, -0.2) is 0 Å². The Morgan fingerprint density at radius 1 is 1.11 bits per heavy atom. The number of piperazine rings is 1. The van der Waals surface area contributed by atoms with Crippen LogP contribution in [-0.2, 0) is 9.59 Å². The first-order valence-electron chi connectivity index (χ1n) is 12.8. The summed E-state index contributed by atoms with van der Waals surface area (Å²) in [6.45, 7) is 8.05. The lowest BCUT2D eigenvalue weighted by molar-refractivity contribution is -0.144. The molecule has 0 spiro atoms. The maximum atomic E-state index is 13.2. The van der Waals surface area contributed by atoms with Crippen molar-refractivity contribution in [1.29, 1.82) is 0 Å². The van der Waals surface area contributed by atoms with Gasteiger partial charge in [-0.3, -0.25) is 14.2 Å². The predicted octanol–water partition coefficient (Wildman–Crippen LogP) is 5.36. The van der Waals surface area contributed by atoms with Gasteiger partial charge in [0.1, 0.15) is 0 Å². The van der Waals surface area contributed by atoms with Crippen LogP contribution in [0.15, 0.2) is 53.0 Å². The highest BCUT2D eigenvalue weighted by molar-refractivity contribution is 7.99. The molecule has 0 bridgehead atoms. The molecule has 2 aromatic heterocycles. The third-order valence-electron chi connectivity index (χ3n) is 6.73. The molecule has 0 saturated carbocycles. The average molecular weight is 526 g/mol. The Morgan fingerprint density at radius 3 is 2.58 bits per heavy atom. The van der Waals surface area contributed by atoms with Crippen LogP contribution in [0, 0.1) is 5.92 Å². The van der Waals surface area contributed by atoms with E-state index in [0.29, 0.717) is 24.8 Å². The molecule has 2 amide bonds. The summed E-state index contributed by atoms with van der Waals surface area (Å²) in [6.07, 6.45) is 4.00. The number of amides is 2. The van der Waals surface area contributed by atoms with E-state index in [-0.39, 0.29) is 29.5 Å². The number of hydrogen-bond acceptors (Lipinski definition) is 6. The number of rotatable bonds is 10. The highest BCUT2D eigenvalue weighted by Crippen LogP contribution is 2.30. The maximum Gasteiger partial charge on any atom is 0.233 e. The molecule has 1 aliphatic heterocycles. The highest BCUT2D eigenvalue weighted by atomic mass is 32.2. The molecule has 1 fully saturated rings. The van der Waals surface area contributed by atoms with Gasteiger partial charge in [0.15, 0.2) is 11.0 Å². The number of hydrogen-bond donors (Lipinski definition) is 0. The van der Waals surface area contributed by atoms with Crippen LogP contribution in [0.3, 0.4) is 0 Å². The molecule has 0 radical (unpaired) electrons. The first kappa shape index (κ1) is 26.4. The summed E-state index contributed by atoms with van der Waals surface area (Å²) < 4.78 is 2.02. The minimum Gasteiger partial charge on any atom is -0.338 e. The Morgan fingerprint density at radius 2 is 1.92 bits per heavy atom. The van der Waals surface area contributed by atoms with Crippen molar-refractivity contribution < 1.29 is 9.59 Å². The molecule has 192 valence electrons. The van der Waals surface area contributed by atoms with Gasteiger partial charge in [-0.1, -0.05) is 62.7 Å². The second-order valence-corrected chi connectivity index (χ2v) is 11.1. The standard InChI is InChI=1S/C27H35N5O2S2/c1-4-6-11-21(5-2)26(34)31-16-15-30(18-20(31)3)24(33)19-36-27-29-28-25(23-14-10-17-35-23)32(27)22-12-8-7-9-13-22/h7-10,12-14,17,20-21H,4-6,11,15-16,18-19H2,1-3H3. The minimum atomic E-state index is 0.0225. The number of carbonyl (C=O) groups excluding carboxylic acids is 2. The third-order valence-corrected chi connectivity index (χ3v) is 8.51. The van der Waals surface area contributed by atoms with E-state index in [1.165, 1.54) is 11.8 Å². The molecule has 3 aromatic rings. The van der Waals surface area contributed by atoms with Gasteiger partial charge < -0.3 is 9.80 Å². The first-order chi connectivity index (χ1) is 17.5. The third kappa shape index (κ3) is 6.00. The molecule has 2 unspecified atom stereocenters. The van der Waals surface area contributed by atoms with E-state index in [9.17, 15) is 9.59 Å². The number of nitrogens with zero attached hydrogens (tertiary/aromatic N) is 5. The summed E-state index contributed by atoms with van der Waals surface area (Å²) in [7, 11) is 0. The van der Waals surface area contributed by atoms with Gasteiger partial charge >= 0.3 is 0 Å². The SMILES string of the molecule is CCCCC(CC)C(=O)N1CCN(C(=O)CSc2nnc(-c3cccs3)n2-c2ccccc2)CC1C. The number of carbonyl (C=O) groups is 2. The Labute approximate surface area is 221 Å². The van der Waals surface area contributed by atoms with Crippen molar-refractivity contribution in [2.75, 3.05) is 25.4 Å². The Kier molecular flexibility index (Phi) is 9.20. The van der Waals surface area contributed by atoms with Crippen LogP contribution in [0.5, 0.6) is 0 Å². The van der Waals surface area contributed by atoms with Crippen LogP contribution >= 0.6 is 23.1 Å². The Hall–Kier alpha value is -2.65. The zero-order valence-corrected chi connectivity index (χ0v) is 22.9. The number of para-hydroxylation sites is 1. The summed E-state index contributed by atoms with van der Waals surface area (Å²) in [4.78, 5) is 31.2. The predicted molar refractivity (Wildman–Crippen MR) is 146 cm³/mol. The quantitative estimate of drug-likeness (QED) is 0.333. The van der Waals surface area contributed by atoms with Crippen molar-refractivity contribution in [1.82, 2.24) is 24.6 Å². The van der Waals surface area contributed by atoms with Crippen molar-refractivity contribution in [3.63, 3.8) is 0 Å². The van der Waals surface area contributed by atoms with Gasteiger partial charge in [0.25, 0.3) is 0 Å². The largest absolute Gasteiger partial charge is 0.338 e. The van der Waals surface area contributed by atoms with E-state index in [1.807, 2.05) is 62.2 Å². The van der Waals surface area contributed by atoms with Gasteiger partial charge in [-0.05, 0) is 43.3 Å². The average Bonchev–Trinajstić information content (AvgIpc) is 3.58. The summed E-state index contributed by atoms with van der Waals surface area (Å²) in [5, 5.41) is 11.6. The van der Waals surface area contributed by atoms with E-state index in [0.717, 1.165) is 42.1 Å². The molecule has 9 heteroatoms. The lowest BCUT2D eigenvalue weighted by Crippen LogP contribution is -2.56. The molecular formula is C27H35N5O2S2. The lowest BCUT2D eigenvalue weighted by atomic mass is 9.96. The summed E-state index contributed by atoms with van der Waals surface area (Å²) in [5.74, 6) is 1.46. The highest BCUT2D eigenvalue weighted by Gasteiger charge is 2.32. The van der Waals surface area contributed by atoms with E-state index < -0.39 is 0 Å². The fraction of sp³-hybridized carbons (Fsp3) is 0.481. The van der Waals surface area contributed by atoms with Gasteiger partial charge in [0.2, 0.25) is 11.8 Å². The second kappa shape index (κ2) is 12.5. The smallest absolute Gasteiger partial charge is 0.233 e. The molecule has 0 N–H and O–H groups in total. The van der Waals surface area contributed by atoms with Crippen LogP contribution in [0.2, 0.25) is 0 Å². The number of aromatic nitrogens is 3. The fourth-order valence-electron chi connectivity index (χ4n) is 4.66. The minimum absolute atomic E-state index is 0.0225. The molecule has 1 aromatic carbocycles. The van der Waals surface area contributed by atoms with Crippen LogP contribution in [0.4, 0.5) is 0 Å². The van der Waals surface area contributed by atoms with Crippen LogP contribution < -0.4 is 0 Å². The Balaban J connectivity index is 1.40. The van der Waals surface area contributed by atoms with Crippen molar-refractivity contribution >= 4 is 34.9 Å². The second-order valence-electron chi connectivity index (χ2n) is 9.21. The molecule has 4 rings (SSSR count). The lowest BCUT2D eigenvalue weighted by Gasteiger charge is -2.41. The van der Waals surface area contributed by atoms with Crippen LogP contribution in [0.1, 0.15) is 46.5 Å². The fourth-order valence-corrected chi connectivity index (χ4v) is 6.21. The first-order valence-corrected chi connectivity index (χ1v) is 14.7. The molecule has 36 heavy (non-hydrogen) atoms. The van der Waals surface area contributed by atoms with Gasteiger partial charge in [-0.2, -0.15) is 0 Å². The number of thiophene rings is 1. The summed E-state index contributed by atoms with van der Waals surface area (Å²) in [5.41, 5.74) is 0.968. The van der Waals surface area contributed by atoms with E-state index >= 15 is 0 Å². The van der Waals surface area contributed by atoms with Crippen molar-refractivity contribution in [2.24, 2.45) is 5.92 Å². The molecule has 3 heterocycles. The van der Waals surface area contributed by atoms with E-state index in [2.05, 4.69) is 31.0 Å². The molecule has 1 aliphatic rings. The van der Waals surface area contributed by atoms with Crippen molar-refractivity contribution in [3.05, 3.63) is 47.8 Å². The van der Waals surface area contributed by atoms with Crippen LogP contribution in [0.25, 0.3) is 16.4 Å². The van der Waals surface area contributed by atoms with Crippen LogP contribution in [-0.4, -0.2) is 67.8 Å². The van der Waals surface area contributed by atoms with E-state index in [1.54, 1.807) is 11.3 Å². The maximum absolute atomic E-state index is 13.2. The zero-order chi connectivity index (χ0) is 25.5. The number of unbranched alkanes of at least 4 members (excludes halogenated alkanes) is 1. The monoisotopic (exact) mass is 525 g/mol. The molecule has 1 saturated heterocycles. The normalized spacial score (nSPS) is 16.8. The zero-order valence-electron chi connectivity index (χ0n) is 21.3. The topological polar surface area (TPSA) is 71.3 Å². The molecular weight excluding hydrogens is 490 g/mol. The number of benzene rings is 1. The van der Waals surface area contributed by atoms with Gasteiger partial charge in [0, 0.05) is 37.3 Å².